The first-order chi connectivity index (χ1) is 16.8. The number of anilines is 4. The largest absolute Gasteiger partial charge is 0.378 e. The van der Waals surface area contributed by atoms with Crippen molar-refractivity contribution in [1.29, 1.82) is 0 Å². The summed E-state index contributed by atoms with van der Waals surface area (Å²) < 4.78 is 5.59. The number of aromatic nitrogens is 6. The van der Waals surface area contributed by atoms with Crippen molar-refractivity contribution >= 4 is 23.4 Å². The highest BCUT2D eigenvalue weighted by molar-refractivity contribution is 5.65. The van der Waals surface area contributed by atoms with Crippen LogP contribution in [-0.2, 0) is 17.7 Å². The Labute approximate surface area is 197 Å². The second kappa shape index (κ2) is 9.06. The van der Waals surface area contributed by atoms with E-state index in [9.17, 15) is 0 Å². The van der Waals surface area contributed by atoms with Crippen LogP contribution in [0.25, 0.3) is 11.4 Å². The fraction of sp³-hybridized carbons (Fsp3) is 0.292. The van der Waals surface area contributed by atoms with E-state index >= 15 is 0 Å². The lowest BCUT2D eigenvalue weighted by molar-refractivity contribution is 0.122. The predicted octanol–water partition coefficient (Wildman–Crippen LogP) is 2.80. The fourth-order valence-corrected chi connectivity index (χ4v) is 4.37. The number of hydrogen-bond acceptors (Lipinski definition) is 9. The SMILES string of the molecule is c1cnc(N2CCc3c(nc(-c4ccc(Nc5ncc[nH]5)cc4)nc3N3CCOCC3)C2)nc1. The maximum absolute atomic E-state index is 5.59. The number of hydrogen-bond donors (Lipinski definition) is 2. The lowest BCUT2D eigenvalue weighted by Gasteiger charge is -2.34. The van der Waals surface area contributed by atoms with Gasteiger partial charge in [-0.05, 0) is 36.8 Å². The van der Waals surface area contributed by atoms with Crippen molar-refractivity contribution in [2.24, 2.45) is 0 Å². The summed E-state index contributed by atoms with van der Waals surface area (Å²) >= 11 is 0. The molecule has 6 rings (SSSR count). The Morgan fingerprint density at radius 2 is 1.71 bits per heavy atom. The van der Waals surface area contributed by atoms with E-state index in [2.05, 4.69) is 35.1 Å². The average Bonchev–Trinajstić information content (AvgIpc) is 3.42. The third-order valence-electron chi connectivity index (χ3n) is 6.09. The zero-order chi connectivity index (χ0) is 22.7. The Balaban J connectivity index is 1.34. The molecule has 4 aromatic rings. The van der Waals surface area contributed by atoms with Crippen molar-refractivity contribution in [1.82, 2.24) is 29.9 Å². The van der Waals surface area contributed by atoms with E-state index in [1.54, 1.807) is 24.8 Å². The Hall–Kier alpha value is -4.05. The van der Waals surface area contributed by atoms with Crippen LogP contribution in [0.15, 0.2) is 55.1 Å². The van der Waals surface area contributed by atoms with Gasteiger partial charge in [0.2, 0.25) is 11.9 Å². The van der Waals surface area contributed by atoms with Gasteiger partial charge in [-0.2, -0.15) is 0 Å². The van der Waals surface area contributed by atoms with Gasteiger partial charge in [0.05, 0.1) is 25.5 Å². The topological polar surface area (TPSA) is 108 Å². The van der Waals surface area contributed by atoms with Crippen LogP contribution in [-0.4, -0.2) is 62.8 Å². The number of aromatic amines is 1. The molecule has 0 bridgehead atoms. The maximum Gasteiger partial charge on any atom is 0.225 e. The number of imidazole rings is 1. The minimum absolute atomic E-state index is 0.657. The standard InChI is InChI=1S/C24H25N9O/c1-7-27-24(28-8-1)33-11-6-19-20(16-33)30-21(31-22(19)32-12-14-34-15-13-32)17-2-4-18(5-3-17)29-23-25-9-10-26-23/h1-5,7-10H,6,11-16H2,(H2,25,26,29). The molecule has 1 fully saturated rings. The van der Waals surface area contributed by atoms with E-state index in [1.807, 2.05) is 30.3 Å². The normalized spacial score (nSPS) is 15.8. The number of rotatable bonds is 5. The molecular weight excluding hydrogens is 430 g/mol. The molecule has 5 heterocycles. The zero-order valence-electron chi connectivity index (χ0n) is 18.7. The highest BCUT2D eigenvalue weighted by atomic mass is 16.5. The molecule has 10 heteroatoms. The van der Waals surface area contributed by atoms with Gasteiger partial charge >= 0.3 is 0 Å². The first kappa shape index (κ1) is 20.5. The van der Waals surface area contributed by atoms with Crippen LogP contribution in [0.3, 0.4) is 0 Å². The summed E-state index contributed by atoms with van der Waals surface area (Å²) in [5, 5.41) is 3.25. The predicted molar refractivity (Wildman–Crippen MR) is 129 cm³/mol. The highest BCUT2D eigenvalue weighted by Crippen LogP contribution is 2.31. The van der Waals surface area contributed by atoms with Gasteiger partial charge in [-0.3, -0.25) is 0 Å². The van der Waals surface area contributed by atoms with E-state index in [4.69, 9.17) is 14.7 Å². The zero-order valence-corrected chi connectivity index (χ0v) is 18.7. The Bertz CT molecular complexity index is 1240. The Morgan fingerprint density at radius 1 is 0.882 bits per heavy atom. The molecular formula is C24H25N9O. The molecule has 0 spiro atoms. The molecule has 2 aliphatic heterocycles. The first-order valence-electron chi connectivity index (χ1n) is 11.4. The number of ether oxygens (including phenoxy) is 1. The molecule has 0 aliphatic carbocycles. The summed E-state index contributed by atoms with van der Waals surface area (Å²) in [4.78, 5) is 30.7. The summed E-state index contributed by atoms with van der Waals surface area (Å²) in [5.74, 6) is 3.18. The molecule has 0 amide bonds. The van der Waals surface area contributed by atoms with E-state index in [1.165, 1.54) is 5.56 Å². The monoisotopic (exact) mass is 455 g/mol. The molecule has 2 N–H and O–H groups in total. The molecule has 1 aromatic carbocycles. The molecule has 2 aliphatic rings. The molecule has 3 aromatic heterocycles. The molecule has 34 heavy (non-hydrogen) atoms. The number of nitrogens with zero attached hydrogens (tertiary/aromatic N) is 7. The molecule has 0 unspecified atom stereocenters. The smallest absolute Gasteiger partial charge is 0.225 e. The van der Waals surface area contributed by atoms with Crippen LogP contribution >= 0.6 is 0 Å². The third kappa shape index (κ3) is 4.15. The van der Waals surface area contributed by atoms with Crippen molar-refractivity contribution in [2.45, 2.75) is 13.0 Å². The van der Waals surface area contributed by atoms with Gasteiger partial charge in [-0.25, -0.2) is 24.9 Å². The molecule has 0 radical (unpaired) electrons. The quantitative estimate of drug-likeness (QED) is 0.470. The molecule has 0 saturated carbocycles. The summed E-state index contributed by atoms with van der Waals surface area (Å²) in [5.41, 5.74) is 4.16. The molecule has 1 saturated heterocycles. The number of H-pyrrole nitrogens is 1. The number of benzene rings is 1. The maximum atomic E-state index is 5.59. The van der Waals surface area contributed by atoms with E-state index in [-0.39, 0.29) is 0 Å². The second-order valence-corrected chi connectivity index (χ2v) is 8.26. The van der Waals surface area contributed by atoms with Crippen LogP contribution < -0.4 is 15.1 Å². The lowest BCUT2D eigenvalue weighted by Crippen LogP contribution is -2.39. The third-order valence-corrected chi connectivity index (χ3v) is 6.09. The minimum Gasteiger partial charge on any atom is -0.378 e. The van der Waals surface area contributed by atoms with Crippen LogP contribution in [0.5, 0.6) is 0 Å². The number of nitrogens with one attached hydrogen (secondary N) is 2. The van der Waals surface area contributed by atoms with Gasteiger partial charge in [-0.15, -0.1) is 0 Å². The minimum atomic E-state index is 0.657. The average molecular weight is 456 g/mol. The Kier molecular flexibility index (Phi) is 5.48. The van der Waals surface area contributed by atoms with Crippen molar-refractivity contribution in [3.8, 4) is 11.4 Å². The van der Waals surface area contributed by atoms with Crippen molar-refractivity contribution < 1.29 is 4.74 Å². The fourth-order valence-electron chi connectivity index (χ4n) is 4.37. The van der Waals surface area contributed by atoms with Crippen LogP contribution in [0.2, 0.25) is 0 Å². The summed E-state index contributed by atoms with van der Waals surface area (Å²) in [6, 6.07) is 9.94. The molecule has 10 nitrogen and oxygen atoms in total. The van der Waals surface area contributed by atoms with Gasteiger partial charge in [0, 0.05) is 61.2 Å². The van der Waals surface area contributed by atoms with E-state index < -0.39 is 0 Å². The second-order valence-electron chi connectivity index (χ2n) is 8.26. The van der Waals surface area contributed by atoms with Crippen LogP contribution in [0, 0.1) is 0 Å². The number of fused-ring (bicyclic) bond motifs is 1. The molecule has 172 valence electrons. The van der Waals surface area contributed by atoms with E-state index in [0.717, 1.165) is 60.6 Å². The van der Waals surface area contributed by atoms with Gasteiger partial charge in [0.25, 0.3) is 0 Å². The summed E-state index contributed by atoms with van der Waals surface area (Å²) in [6.45, 7) is 4.59. The summed E-state index contributed by atoms with van der Waals surface area (Å²) in [6.07, 6.45) is 7.91. The lowest BCUT2D eigenvalue weighted by atomic mass is 10.0. The summed E-state index contributed by atoms with van der Waals surface area (Å²) in [7, 11) is 0. The van der Waals surface area contributed by atoms with Crippen LogP contribution in [0.4, 0.5) is 23.4 Å². The molecule has 0 atom stereocenters. The Morgan fingerprint density at radius 3 is 2.47 bits per heavy atom. The van der Waals surface area contributed by atoms with Gasteiger partial charge < -0.3 is 24.8 Å². The van der Waals surface area contributed by atoms with Crippen molar-refractivity contribution in [2.75, 3.05) is 48.0 Å². The highest BCUT2D eigenvalue weighted by Gasteiger charge is 2.27. The van der Waals surface area contributed by atoms with Gasteiger partial charge in [0.1, 0.15) is 5.82 Å². The van der Waals surface area contributed by atoms with Gasteiger partial charge in [0.15, 0.2) is 5.82 Å². The van der Waals surface area contributed by atoms with Crippen molar-refractivity contribution in [3.63, 3.8) is 0 Å². The number of morpholine rings is 1. The van der Waals surface area contributed by atoms with Crippen molar-refractivity contribution in [3.05, 3.63) is 66.4 Å². The van der Waals surface area contributed by atoms with Crippen LogP contribution in [0.1, 0.15) is 11.3 Å². The van der Waals surface area contributed by atoms with E-state index in [0.29, 0.717) is 25.7 Å². The first-order valence-corrected chi connectivity index (χ1v) is 11.4. The van der Waals surface area contributed by atoms with Gasteiger partial charge in [-0.1, -0.05) is 0 Å².